The molecule has 0 spiro atoms. The zero-order chi connectivity index (χ0) is 22.8. The number of aryl methyl sites for hydroxylation is 1. The second kappa shape index (κ2) is 8.55. The molecule has 9 heteroatoms. The van der Waals surface area contributed by atoms with Crippen molar-refractivity contribution in [3.8, 4) is 11.4 Å². The number of nitrogens with one attached hydrogen (secondary N) is 1. The minimum Gasteiger partial charge on any atom is -0.493 e. The molecular formula is C22H25N5O4. The van der Waals surface area contributed by atoms with E-state index in [-0.39, 0.29) is 17.0 Å². The number of ether oxygens (including phenoxy) is 2. The van der Waals surface area contributed by atoms with Gasteiger partial charge in [-0.3, -0.25) is 9.78 Å². The molecule has 0 bridgehead atoms. The number of hydrogen-bond acceptors (Lipinski definition) is 7. The van der Waals surface area contributed by atoms with Crippen LogP contribution in [-0.2, 0) is 10.2 Å². The number of anilines is 1. The van der Waals surface area contributed by atoms with Crippen LogP contribution in [0, 0.1) is 6.92 Å². The van der Waals surface area contributed by atoms with Crippen LogP contribution in [-0.4, -0.2) is 46.1 Å². The number of hydrogen-bond donors (Lipinski definition) is 1. The maximum absolute atomic E-state index is 13.0. The molecule has 1 amide bonds. The summed E-state index contributed by atoms with van der Waals surface area (Å²) in [5.74, 6) is -0.441. The Morgan fingerprint density at radius 2 is 1.87 bits per heavy atom. The van der Waals surface area contributed by atoms with Crippen molar-refractivity contribution in [3.05, 3.63) is 59.2 Å². The van der Waals surface area contributed by atoms with Crippen molar-refractivity contribution in [3.63, 3.8) is 0 Å². The number of methoxy groups -OCH3 is 2. The molecule has 162 valence electrons. The zero-order valence-corrected chi connectivity index (χ0v) is 18.4. The molecule has 1 N–H and O–H groups in total. The van der Waals surface area contributed by atoms with Crippen LogP contribution in [0.1, 0.15) is 52.9 Å². The van der Waals surface area contributed by atoms with Crippen molar-refractivity contribution in [2.24, 2.45) is 0 Å². The highest BCUT2D eigenvalue weighted by molar-refractivity contribution is 6.05. The molecule has 2 heterocycles. The number of nitrogens with zero attached hydrogens (tertiary/aromatic N) is 4. The van der Waals surface area contributed by atoms with Gasteiger partial charge in [-0.25, -0.2) is 9.48 Å². The molecule has 1 aromatic carbocycles. The van der Waals surface area contributed by atoms with Crippen LogP contribution in [0.2, 0.25) is 0 Å². The summed E-state index contributed by atoms with van der Waals surface area (Å²) in [6.45, 7) is 8.00. The molecule has 9 nitrogen and oxygen atoms in total. The number of esters is 1. The third kappa shape index (κ3) is 4.71. The maximum Gasteiger partial charge on any atom is 0.360 e. The second-order valence-corrected chi connectivity index (χ2v) is 8.02. The standard InChI is InChI=1S/C22H25N5O4/c1-13-7-8-14(9-17(13)27-12-16(25-26-27)21(29)31-6)20(28)24-15-10-19(22(2,3)4)23-11-18(15)30-5/h7-12H,1-6H3,(H,23,24,28). The zero-order valence-electron chi connectivity index (χ0n) is 18.4. The predicted octanol–water partition coefficient (Wildman–Crippen LogP) is 3.32. The monoisotopic (exact) mass is 423 g/mol. The lowest BCUT2D eigenvalue weighted by Gasteiger charge is -2.20. The Kier molecular flexibility index (Phi) is 6.05. The normalized spacial score (nSPS) is 11.2. The third-order valence-electron chi connectivity index (χ3n) is 4.71. The van der Waals surface area contributed by atoms with Crippen molar-refractivity contribution in [2.75, 3.05) is 19.5 Å². The Labute approximate surface area is 180 Å². The van der Waals surface area contributed by atoms with E-state index in [1.165, 1.54) is 25.1 Å². The molecule has 3 aromatic rings. The molecule has 2 aromatic heterocycles. The van der Waals surface area contributed by atoms with E-state index in [1.807, 2.05) is 33.8 Å². The van der Waals surface area contributed by atoms with Gasteiger partial charge in [-0.2, -0.15) is 0 Å². The van der Waals surface area contributed by atoms with E-state index in [0.29, 0.717) is 22.7 Å². The Morgan fingerprint density at radius 3 is 2.52 bits per heavy atom. The van der Waals surface area contributed by atoms with Crippen LogP contribution in [0.3, 0.4) is 0 Å². The Hall–Kier alpha value is -3.75. The number of amides is 1. The number of pyridine rings is 1. The first-order valence-corrected chi connectivity index (χ1v) is 9.61. The molecule has 3 rings (SSSR count). The molecule has 31 heavy (non-hydrogen) atoms. The lowest BCUT2D eigenvalue weighted by atomic mass is 9.91. The van der Waals surface area contributed by atoms with Gasteiger partial charge in [0.05, 0.1) is 38.0 Å². The summed E-state index contributed by atoms with van der Waals surface area (Å²) in [5, 5.41) is 10.7. The smallest absolute Gasteiger partial charge is 0.360 e. The quantitative estimate of drug-likeness (QED) is 0.627. The van der Waals surface area contributed by atoms with Gasteiger partial charge in [0, 0.05) is 16.7 Å². The van der Waals surface area contributed by atoms with Crippen molar-refractivity contribution in [1.29, 1.82) is 0 Å². The number of aromatic nitrogens is 4. The van der Waals surface area contributed by atoms with Crippen molar-refractivity contribution in [2.45, 2.75) is 33.1 Å². The first kappa shape index (κ1) is 21.9. The lowest BCUT2D eigenvalue weighted by molar-refractivity contribution is 0.0593. The van der Waals surface area contributed by atoms with Crippen molar-refractivity contribution >= 4 is 17.6 Å². The molecule has 0 aliphatic rings. The fraction of sp³-hybridized carbons (Fsp3) is 0.318. The summed E-state index contributed by atoms with van der Waals surface area (Å²) in [7, 11) is 2.80. The Bertz CT molecular complexity index is 1130. The molecule has 0 atom stereocenters. The fourth-order valence-electron chi connectivity index (χ4n) is 2.88. The first-order valence-electron chi connectivity index (χ1n) is 9.61. The summed E-state index contributed by atoms with van der Waals surface area (Å²) in [6, 6.07) is 7.00. The van der Waals surface area contributed by atoms with Crippen LogP contribution in [0.5, 0.6) is 5.75 Å². The number of carbonyl (C=O) groups is 2. The summed E-state index contributed by atoms with van der Waals surface area (Å²) in [6.07, 6.45) is 3.05. The summed E-state index contributed by atoms with van der Waals surface area (Å²) in [4.78, 5) is 29.1. The van der Waals surface area contributed by atoms with E-state index in [4.69, 9.17) is 4.74 Å². The molecule has 0 saturated heterocycles. The highest BCUT2D eigenvalue weighted by Crippen LogP contribution is 2.30. The summed E-state index contributed by atoms with van der Waals surface area (Å²) >= 11 is 0. The van der Waals surface area contributed by atoms with Crippen LogP contribution < -0.4 is 10.1 Å². The molecular weight excluding hydrogens is 398 g/mol. The number of rotatable bonds is 5. The van der Waals surface area contributed by atoms with Crippen LogP contribution in [0.25, 0.3) is 5.69 Å². The Morgan fingerprint density at radius 1 is 1.13 bits per heavy atom. The summed E-state index contributed by atoms with van der Waals surface area (Å²) < 4.78 is 11.5. The lowest BCUT2D eigenvalue weighted by Crippen LogP contribution is -2.17. The van der Waals surface area contributed by atoms with Gasteiger partial charge in [0.2, 0.25) is 0 Å². The molecule has 0 unspecified atom stereocenters. The molecule has 0 aliphatic carbocycles. The van der Waals surface area contributed by atoms with Gasteiger partial charge in [0.15, 0.2) is 11.4 Å². The Balaban J connectivity index is 1.92. The van der Waals surface area contributed by atoms with Gasteiger partial charge >= 0.3 is 5.97 Å². The van der Waals surface area contributed by atoms with E-state index in [2.05, 4.69) is 25.3 Å². The van der Waals surface area contributed by atoms with E-state index >= 15 is 0 Å². The second-order valence-electron chi connectivity index (χ2n) is 8.02. The summed E-state index contributed by atoms with van der Waals surface area (Å²) in [5.41, 5.74) is 3.13. The molecule has 0 aliphatic heterocycles. The average Bonchev–Trinajstić information content (AvgIpc) is 3.22. The van der Waals surface area contributed by atoms with E-state index in [9.17, 15) is 9.59 Å². The van der Waals surface area contributed by atoms with Gasteiger partial charge in [-0.15, -0.1) is 5.10 Å². The highest BCUT2D eigenvalue weighted by atomic mass is 16.5. The van der Waals surface area contributed by atoms with Gasteiger partial charge < -0.3 is 14.8 Å². The SMILES string of the molecule is COC(=O)c1cn(-c2cc(C(=O)Nc3cc(C(C)(C)C)ncc3OC)ccc2C)nn1. The molecule has 0 radical (unpaired) electrons. The largest absolute Gasteiger partial charge is 0.493 e. The fourth-order valence-corrected chi connectivity index (χ4v) is 2.88. The topological polar surface area (TPSA) is 108 Å². The van der Waals surface area contributed by atoms with Gasteiger partial charge in [-0.05, 0) is 30.7 Å². The predicted molar refractivity (Wildman–Crippen MR) is 115 cm³/mol. The van der Waals surface area contributed by atoms with E-state index in [0.717, 1.165) is 11.3 Å². The van der Waals surface area contributed by atoms with Crippen LogP contribution >= 0.6 is 0 Å². The van der Waals surface area contributed by atoms with Crippen molar-refractivity contribution in [1.82, 2.24) is 20.0 Å². The number of carbonyl (C=O) groups excluding carboxylic acids is 2. The van der Waals surface area contributed by atoms with E-state index in [1.54, 1.807) is 24.4 Å². The van der Waals surface area contributed by atoms with Gasteiger partial charge in [0.1, 0.15) is 0 Å². The minimum atomic E-state index is -0.586. The van der Waals surface area contributed by atoms with E-state index < -0.39 is 5.97 Å². The highest BCUT2D eigenvalue weighted by Gasteiger charge is 2.20. The molecule has 0 fully saturated rings. The van der Waals surface area contributed by atoms with Gasteiger partial charge in [-0.1, -0.05) is 32.1 Å². The van der Waals surface area contributed by atoms with Crippen molar-refractivity contribution < 1.29 is 19.1 Å². The van der Waals surface area contributed by atoms with Crippen LogP contribution in [0.15, 0.2) is 36.7 Å². The third-order valence-corrected chi connectivity index (χ3v) is 4.71. The molecule has 0 saturated carbocycles. The minimum absolute atomic E-state index is 0.0768. The first-order chi connectivity index (χ1) is 14.6. The van der Waals surface area contributed by atoms with Crippen LogP contribution in [0.4, 0.5) is 5.69 Å². The van der Waals surface area contributed by atoms with Gasteiger partial charge in [0.25, 0.3) is 5.91 Å². The maximum atomic E-state index is 13.0. The average molecular weight is 423 g/mol. The number of benzene rings is 1.